The maximum Gasteiger partial charge on any atom is 0.524 e. The molecule has 0 radical (unpaired) electrons. The summed E-state index contributed by atoms with van der Waals surface area (Å²) in [5, 5.41) is 48.3. The number of aromatic hydroxyl groups is 5. The molecule has 0 spiro atoms. The summed E-state index contributed by atoms with van der Waals surface area (Å²) in [6.07, 6.45) is 1.05. The van der Waals surface area contributed by atoms with Crippen LogP contribution in [0.4, 0.5) is 0 Å². The maximum absolute atomic E-state index is 11.6. The normalized spacial score (nSPS) is 14.5. The molecule has 0 aliphatic heterocycles. The van der Waals surface area contributed by atoms with Gasteiger partial charge in [0.1, 0.15) is 0 Å². The number of phenolic OH excluding ortho intramolecular Hbond substituents is 5. The predicted octanol–water partition coefficient (Wildman–Crippen LogP) is 1.65. The smallest absolute Gasteiger partial charge is 0.504 e. The molecule has 0 aliphatic rings. The molecule has 0 saturated heterocycles. The minimum absolute atomic E-state index is 0. The summed E-state index contributed by atoms with van der Waals surface area (Å²) in [6, 6.07) is 24.0. The first-order valence-corrected chi connectivity index (χ1v) is 46.4. The number of phenols is 5. The number of Topliss-reactive ketones (excluding diaryl/α,β-unsaturated/α-hetero) is 6. The van der Waals surface area contributed by atoms with E-state index in [0.717, 1.165) is 12.1 Å². The Morgan fingerprint density at radius 1 is 0.264 bits per heavy atom. The first kappa shape index (κ1) is 120. The van der Waals surface area contributed by atoms with Gasteiger partial charge in [-0.25, -0.2) is 73.6 Å². The number of carbonyl (C=O) groups excluding carboxylic acids is 6. The van der Waals surface area contributed by atoms with Crippen LogP contribution in [0.25, 0.3) is 0 Å². The third-order valence-corrected chi connectivity index (χ3v) is 21.1. The van der Waals surface area contributed by atoms with E-state index in [0.29, 0.717) is 33.4 Å². The second-order valence-corrected chi connectivity index (χ2v) is 37.0. The second kappa shape index (κ2) is 50.3. The Bertz CT molecular complexity index is 5090. The molecule has 6 aromatic carbocycles. The van der Waals surface area contributed by atoms with Gasteiger partial charge in [-0.15, -0.1) is 0 Å². The van der Waals surface area contributed by atoms with E-state index >= 15 is 0 Å². The van der Waals surface area contributed by atoms with Gasteiger partial charge < -0.3 is 77.2 Å². The van der Waals surface area contributed by atoms with Gasteiger partial charge in [-0.2, -0.15) is 0 Å². The SMILES string of the molecule is C.CC(=O)[C@](C)(Cc1ccc(O)c(OCOP(=O)(O)O)c1)NN.CC(=O)[C@](C)(Cc1ccc(O)c(OP(=O)(O)O)c1)NN.CC(=O)[C@](C)(Cc1ccc(OCOP(=O)(O)O)c(O)c1)NN.CC(=O)[C@](C)(Cc1ccc(OP(=O)(O)O)c(O)c1)NN.CC(=O)[C@](C)(Cc1ccc(OP(=O)(O)O)c(O)c1)NN.CC(=O)[C@](C)(Cc1ccc(OP(=O)(O)O)c(OP(=O)(O)O)c1)NN. The Hall–Kier alpha value is -8.57. The minimum atomic E-state index is -5.02. The van der Waals surface area contributed by atoms with Gasteiger partial charge in [0.25, 0.3) is 0 Å². The first-order chi connectivity index (χ1) is 58.1. The van der Waals surface area contributed by atoms with Gasteiger partial charge in [0, 0.05) is 0 Å². The summed E-state index contributed by atoms with van der Waals surface area (Å²) < 4.78 is 115. The number of nitrogens with two attached hydrogens (primary N) is 6. The topological polar surface area (TPSA) is 918 Å². The van der Waals surface area contributed by atoms with Crippen LogP contribution < -0.4 is 99.7 Å². The summed E-state index contributed by atoms with van der Waals surface area (Å²) >= 11 is 0. The lowest BCUT2D eigenvalue weighted by molar-refractivity contribution is -0.123. The Balaban J connectivity index is 0.00000152. The average molecular weight is 1980 g/mol. The van der Waals surface area contributed by atoms with Crippen molar-refractivity contribution in [2.75, 3.05) is 13.6 Å². The van der Waals surface area contributed by atoms with Crippen molar-refractivity contribution >= 4 is 89.5 Å². The van der Waals surface area contributed by atoms with E-state index in [1.54, 1.807) is 46.8 Å². The zero-order chi connectivity index (χ0) is 99.3. The highest BCUT2D eigenvalue weighted by Crippen LogP contribution is 2.49. The monoisotopic (exact) mass is 1980 g/mol. The van der Waals surface area contributed by atoms with E-state index in [9.17, 15) is 86.3 Å². The van der Waals surface area contributed by atoms with Gasteiger partial charge >= 0.3 is 54.8 Å². The molecule has 6 atom stereocenters. The van der Waals surface area contributed by atoms with Crippen LogP contribution in [0, 0.1) is 0 Å². The average Bonchev–Trinajstić information content (AvgIpc) is 0.807. The second-order valence-electron chi connectivity index (χ2n) is 28.7. The number of carbonyl (C=O) groups is 6. The lowest BCUT2D eigenvalue weighted by Crippen LogP contribution is -2.53. The molecule has 0 aliphatic carbocycles. The van der Waals surface area contributed by atoms with E-state index in [-0.39, 0.29) is 121 Å². The van der Waals surface area contributed by atoms with Crippen molar-refractivity contribution in [1.29, 1.82) is 0 Å². The van der Waals surface area contributed by atoms with E-state index in [1.165, 1.54) is 133 Å². The molecule has 0 amide bonds. The molecule has 0 fully saturated rings. The molecule has 129 heavy (non-hydrogen) atoms. The number of rotatable bonds is 42. The summed E-state index contributed by atoms with van der Waals surface area (Å²) in [5.41, 5.74) is 11.5. The standard InChI is InChI=1S/2C12H19N2O7P.C11H18N2O9P2.3C11H17N2O6P.CH4/c1-8(15)12(2,14-13)6-9-3-4-11(10(16)5-9)20-7-21-22(17,18)19;1-8(15)12(2,14-13)6-9-3-4-10(16)11(5-9)20-7-21-22(17,18)19;1-7(14)11(2,13-12)6-8-3-4-9(21-23(15,16)17)10(5-8)22-24(18,19)20;2*1-7(14)11(2,13-12)6-8-3-4-10(9(15)5-8)19-20(16,17)18;1-7(14)11(2,13-12)6-8-3-4-9(15)10(5-8)19-20(16,17)18;/h2*3-5,14,16H,6-7,13H2,1-2H3,(H2,17,18,19);3-5,13H,6,12H2,1-2H3,(H2,15,16,17)(H2,18,19,20);3*3-5,13,15H,6,12H2,1-2H3,(H2,16,17,18);1H4/t2*12-;4*11-;/m000000./s1. The molecular formula is C69H111N12O41P7. The molecule has 0 bridgehead atoms. The number of nitrogens with one attached hydrogen (secondary N) is 6. The van der Waals surface area contributed by atoms with E-state index in [4.69, 9.17) is 113 Å². The first-order valence-electron chi connectivity index (χ1n) is 35.7. The quantitative estimate of drug-likeness (QED) is 0.0112. The number of hydrogen-bond donors (Lipinski definition) is 31. The summed E-state index contributed by atoms with van der Waals surface area (Å²) in [7, 11) is -33.5. The number of hydrogen-bond acceptors (Lipinski definition) is 39. The molecule has 0 aromatic heterocycles. The highest BCUT2D eigenvalue weighted by atomic mass is 31.2. The van der Waals surface area contributed by atoms with E-state index in [1.807, 2.05) is 0 Å². The number of benzene rings is 6. The largest absolute Gasteiger partial charge is 0.524 e. The highest BCUT2D eigenvalue weighted by molar-refractivity contribution is 7.48. The number of phosphoric ester groups is 7. The third-order valence-electron chi connectivity index (χ3n) is 18.0. The Kier molecular flexibility index (Phi) is 47.0. The Morgan fingerprint density at radius 2 is 0.450 bits per heavy atom. The number of ketones is 6. The maximum atomic E-state index is 11.6. The Morgan fingerprint density at radius 3 is 0.682 bits per heavy atom. The van der Waals surface area contributed by atoms with Crippen LogP contribution in [-0.2, 0) is 108 Å². The molecule has 0 heterocycles. The van der Waals surface area contributed by atoms with Crippen molar-refractivity contribution in [3.63, 3.8) is 0 Å². The van der Waals surface area contributed by atoms with Crippen molar-refractivity contribution in [2.24, 2.45) is 35.1 Å². The van der Waals surface area contributed by atoms with Crippen molar-refractivity contribution in [2.45, 2.75) is 162 Å². The number of ether oxygens (including phenoxy) is 2. The van der Waals surface area contributed by atoms with Gasteiger partial charge in [0.05, 0.1) is 33.2 Å². The van der Waals surface area contributed by atoms with Gasteiger partial charge in [0.15, 0.2) is 104 Å². The fourth-order valence-corrected chi connectivity index (χ4v) is 12.1. The number of phosphoric acid groups is 7. The lowest BCUT2D eigenvalue weighted by Gasteiger charge is -2.26. The van der Waals surface area contributed by atoms with Crippen molar-refractivity contribution in [3.05, 3.63) is 143 Å². The molecular weight excluding hydrogens is 1870 g/mol. The minimum Gasteiger partial charge on any atom is -0.504 e. The highest BCUT2D eigenvalue weighted by Gasteiger charge is 2.36. The fraction of sp³-hybridized carbons (Fsp3) is 0.391. The fourth-order valence-electron chi connectivity index (χ4n) is 9.70. The van der Waals surface area contributed by atoms with Gasteiger partial charge in [-0.1, -0.05) is 43.8 Å². The summed E-state index contributed by atoms with van der Waals surface area (Å²) in [5.74, 6) is 26.9. The zero-order valence-corrected chi connectivity index (χ0v) is 76.4. The predicted molar refractivity (Wildman–Crippen MR) is 455 cm³/mol. The number of hydrazine groups is 6. The molecule has 0 saturated carbocycles. The third kappa shape index (κ3) is 44.5. The molecule has 53 nitrogen and oxygen atoms in total. The zero-order valence-electron chi connectivity index (χ0n) is 70.1. The van der Waals surface area contributed by atoms with Crippen molar-refractivity contribution < 1.29 is 196 Å². The molecule has 37 N–H and O–H groups in total. The van der Waals surface area contributed by atoms with Gasteiger partial charge in [-0.05, 0) is 228 Å². The molecule has 60 heteroatoms. The van der Waals surface area contributed by atoms with Crippen LogP contribution >= 0.6 is 54.8 Å². The lowest BCUT2D eigenvalue weighted by atomic mass is 9.90. The molecule has 6 aromatic rings. The van der Waals surface area contributed by atoms with E-state index in [2.05, 4.69) is 64.2 Å². The van der Waals surface area contributed by atoms with Crippen LogP contribution in [0.3, 0.4) is 0 Å². The van der Waals surface area contributed by atoms with Gasteiger partial charge in [-0.3, -0.25) is 113 Å². The van der Waals surface area contributed by atoms with Crippen LogP contribution in [0.5, 0.6) is 69.0 Å². The molecule has 0 unspecified atom stereocenters. The van der Waals surface area contributed by atoms with Crippen LogP contribution in [-0.4, -0.2) is 176 Å². The molecule has 728 valence electrons. The van der Waals surface area contributed by atoms with Crippen molar-refractivity contribution in [3.8, 4) is 69.0 Å². The molecule has 6 rings (SSSR count). The van der Waals surface area contributed by atoms with E-state index < -0.39 is 130 Å². The van der Waals surface area contributed by atoms with Gasteiger partial charge in [0.2, 0.25) is 13.6 Å². The van der Waals surface area contributed by atoms with Crippen molar-refractivity contribution in [1.82, 2.24) is 32.6 Å². The summed E-state index contributed by atoms with van der Waals surface area (Å²) in [4.78, 5) is 191. The van der Waals surface area contributed by atoms with Crippen LogP contribution in [0.1, 0.15) is 124 Å². The summed E-state index contributed by atoms with van der Waals surface area (Å²) in [6.45, 7) is 16.3. The van der Waals surface area contributed by atoms with Crippen LogP contribution in [0.15, 0.2) is 109 Å². The van der Waals surface area contributed by atoms with Crippen LogP contribution in [0.2, 0.25) is 0 Å². The Labute approximate surface area is 737 Å².